The Morgan fingerprint density at radius 2 is 1.31 bits per heavy atom. The summed E-state index contributed by atoms with van der Waals surface area (Å²) in [6.45, 7) is 8.06. The fourth-order valence-electron chi connectivity index (χ4n) is 3.26. The molecule has 0 saturated heterocycles. The predicted octanol–water partition coefficient (Wildman–Crippen LogP) is 7.16. The molecule has 3 aromatic carbocycles. The Hall–Kier alpha value is -2.55. The molecule has 3 aromatic rings. The van der Waals surface area contributed by atoms with Gasteiger partial charge in [-0.15, -0.1) is 0 Å². The Labute approximate surface area is 172 Å². The van der Waals surface area contributed by atoms with E-state index in [1.165, 1.54) is 0 Å². The maximum Gasteiger partial charge on any atom is 0.584 e. The lowest BCUT2D eigenvalue weighted by atomic mass is 9.96. The Bertz CT molecular complexity index is 1010. The largest absolute Gasteiger partial charge is 0.584 e. The molecule has 0 aliphatic carbocycles. The van der Waals surface area contributed by atoms with Crippen molar-refractivity contribution in [3.05, 3.63) is 83.9 Å². The van der Waals surface area contributed by atoms with Gasteiger partial charge in [-0.1, -0.05) is 94.4 Å². The second-order valence-electron chi connectivity index (χ2n) is 7.59. The summed E-state index contributed by atoms with van der Waals surface area (Å²) in [6, 6.07) is 22.6. The molecule has 1 unspecified atom stereocenters. The first-order valence-corrected chi connectivity index (χ1v) is 11.3. The van der Waals surface area contributed by atoms with Gasteiger partial charge < -0.3 is 9.05 Å². The summed E-state index contributed by atoms with van der Waals surface area (Å²) in [5.74, 6) is 0.990. The van der Waals surface area contributed by atoms with E-state index in [4.69, 9.17) is 9.05 Å². The van der Waals surface area contributed by atoms with Gasteiger partial charge in [0.25, 0.3) is 0 Å². The van der Waals surface area contributed by atoms with Crippen LogP contribution >= 0.6 is 7.82 Å². The number of hydrogen-bond donors (Lipinski definition) is 1. The topological polar surface area (TPSA) is 55.8 Å². The molecule has 1 atom stereocenters. The molecule has 0 fully saturated rings. The van der Waals surface area contributed by atoms with Crippen molar-refractivity contribution < 1.29 is 18.5 Å². The first-order chi connectivity index (χ1) is 13.8. The summed E-state index contributed by atoms with van der Waals surface area (Å²) in [5, 5.41) is 0. The minimum atomic E-state index is -4.42. The molecular weight excluding hydrogens is 383 g/mol. The third kappa shape index (κ3) is 5.09. The maximum atomic E-state index is 13.0. The fraction of sp³-hybridized carbons (Fsp3) is 0.250. The minimum absolute atomic E-state index is 0.108. The van der Waals surface area contributed by atoms with E-state index in [0.29, 0.717) is 11.5 Å². The third-order valence-electron chi connectivity index (χ3n) is 4.71. The number of phosphoric acid groups is 1. The standard InChI is InChI=1S/C24H27O4P/c1-17(2)20-13-8-9-16-23(20)27-29(25,26)28-24-21(18(3)4)14-10-15-22(24)19-11-6-5-7-12-19/h5-18H,1-4H3,(H,25,26). The molecule has 0 bridgehead atoms. The number of rotatable bonds is 7. The fourth-order valence-corrected chi connectivity index (χ4v) is 4.14. The van der Waals surface area contributed by atoms with Crippen molar-refractivity contribution in [1.82, 2.24) is 0 Å². The maximum absolute atomic E-state index is 13.0. The van der Waals surface area contributed by atoms with E-state index in [2.05, 4.69) is 0 Å². The average molecular weight is 410 g/mol. The van der Waals surface area contributed by atoms with Crippen LogP contribution < -0.4 is 9.05 Å². The molecule has 0 saturated carbocycles. The zero-order valence-electron chi connectivity index (χ0n) is 17.2. The molecule has 0 aliphatic heterocycles. The van der Waals surface area contributed by atoms with Crippen LogP contribution in [0.5, 0.6) is 11.5 Å². The molecule has 0 spiro atoms. The first kappa shape index (κ1) is 21.2. The van der Waals surface area contributed by atoms with Gasteiger partial charge in [0, 0.05) is 5.56 Å². The number of benzene rings is 3. The van der Waals surface area contributed by atoms with Crippen LogP contribution in [0.4, 0.5) is 0 Å². The molecule has 152 valence electrons. The van der Waals surface area contributed by atoms with Gasteiger partial charge in [0.1, 0.15) is 11.5 Å². The molecule has 0 aliphatic rings. The summed E-state index contributed by atoms with van der Waals surface area (Å²) in [5.41, 5.74) is 3.37. The Morgan fingerprint density at radius 3 is 1.97 bits per heavy atom. The van der Waals surface area contributed by atoms with Gasteiger partial charge in [-0.3, -0.25) is 4.89 Å². The van der Waals surface area contributed by atoms with Crippen LogP contribution in [0.2, 0.25) is 0 Å². The lowest BCUT2D eigenvalue weighted by Gasteiger charge is -2.22. The minimum Gasteiger partial charge on any atom is -0.395 e. The van der Waals surface area contributed by atoms with Gasteiger partial charge in [0.15, 0.2) is 0 Å². The van der Waals surface area contributed by atoms with E-state index in [9.17, 15) is 9.46 Å². The molecule has 0 aromatic heterocycles. The molecular formula is C24H27O4P. The number of phosphoric ester groups is 1. The van der Waals surface area contributed by atoms with Gasteiger partial charge in [0.2, 0.25) is 0 Å². The highest BCUT2D eigenvalue weighted by molar-refractivity contribution is 7.48. The van der Waals surface area contributed by atoms with Gasteiger partial charge in [0.05, 0.1) is 0 Å². The molecule has 4 nitrogen and oxygen atoms in total. The average Bonchev–Trinajstić information content (AvgIpc) is 2.68. The molecule has 0 amide bonds. The van der Waals surface area contributed by atoms with Crippen molar-refractivity contribution in [2.24, 2.45) is 0 Å². The summed E-state index contributed by atoms with van der Waals surface area (Å²) in [4.78, 5) is 10.6. The van der Waals surface area contributed by atoms with Crippen molar-refractivity contribution in [2.75, 3.05) is 0 Å². The number of para-hydroxylation sites is 2. The highest BCUT2D eigenvalue weighted by Gasteiger charge is 2.30. The quantitative estimate of drug-likeness (QED) is 0.420. The van der Waals surface area contributed by atoms with E-state index in [1.54, 1.807) is 12.1 Å². The molecule has 5 heteroatoms. The molecule has 29 heavy (non-hydrogen) atoms. The van der Waals surface area contributed by atoms with Crippen molar-refractivity contribution in [1.29, 1.82) is 0 Å². The van der Waals surface area contributed by atoms with Gasteiger partial charge in [-0.2, -0.15) is 0 Å². The smallest absolute Gasteiger partial charge is 0.395 e. The Balaban J connectivity index is 2.02. The molecule has 0 heterocycles. The van der Waals surface area contributed by atoms with Crippen molar-refractivity contribution in [2.45, 2.75) is 39.5 Å². The van der Waals surface area contributed by atoms with Crippen molar-refractivity contribution in [3.8, 4) is 22.6 Å². The third-order valence-corrected chi connectivity index (χ3v) is 5.55. The van der Waals surface area contributed by atoms with Crippen LogP contribution in [-0.2, 0) is 4.57 Å². The van der Waals surface area contributed by atoms with Crippen LogP contribution in [0.15, 0.2) is 72.8 Å². The van der Waals surface area contributed by atoms with Crippen LogP contribution in [0.1, 0.15) is 50.7 Å². The van der Waals surface area contributed by atoms with Gasteiger partial charge in [-0.25, -0.2) is 4.57 Å². The van der Waals surface area contributed by atoms with Crippen molar-refractivity contribution >= 4 is 7.82 Å². The van der Waals surface area contributed by atoms with Crippen LogP contribution in [0.25, 0.3) is 11.1 Å². The van der Waals surface area contributed by atoms with E-state index in [-0.39, 0.29) is 11.8 Å². The van der Waals surface area contributed by atoms with E-state index in [0.717, 1.165) is 22.3 Å². The molecule has 0 radical (unpaired) electrons. The summed E-state index contributed by atoms with van der Waals surface area (Å²) in [6.07, 6.45) is 0. The van der Waals surface area contributed by atoms with Crippen LogP contribution in [0, 0.1) is 0 Å². The second kappa shape index (κ2) is 8.86. The zero-order valence-corrected chi connectivity index (χ0v) is 18.1. The summed E-state index contributed by atoms with van der Waals surface area (Å²) in [7, 11) is -4.42. The van der Waals surface area contributed by atoms with Gasteiger partial charge >= 0.3 is 7.82 Å². The summed E-state index contributed by atoms with van der Waals surface area (Å²) >= 11 is 0. The lowest BCUT2D eigenvalue weighted by molar-refractivity contribution is 0.288. The van der Waals surface area contributed by atoms with Gasteiger partial charge in [-0.05, 0) is 34.6 Å². The van der Waals surface area contributed by atoms with Crippen LogP contribution in [0.3, 0.4) is 0 Å². The Kier molecular flexibility index (Phi) is 6.46. The van der Waals surface area contributed by atoms with Crippen molar-refractivity contribution in [3.63, 3.8) is 0 Å². The van der Waals surface area contributed by atoms with E-state index < -0.39 is 7.82 Å². The van der Waals surface area contributed by atoms with E-state index in [1.807, 2.05) is 88.4 Å². The van der Waals surface area contributed by atoms with E-state index >= 15 is 0 Å². The molecule has 3 rings (SSSR count). The molecule has 1 N–H and O–H groups in total. The first-order valence-electron chi connectivity index (χ1n) is 9.77. The monoisotopic (exact) mass is 410 g/mol. The predicted molar refractivity (Wildman–Crippen MR) is 118 cm³/mol. The lowest BCUT2D eigenvalue weighted by Crippen LogP contribution is -2.05. The highest BCUT2D eigenvalue weighted by Crippen LogP contribution is 2.50. The Morgan fingerprint density at radius 1 is 0.724 bits per heavy atom. The second-order valence-corrected chi connectivity index (χ2v) is 8.89. The number of hydrogen-bond acceptors (Lipinski definition) is 3. The SMILES string of the molecule is CC(C)c1ccccc1OP(=O)(O)Oc1c(-c2ccccc2)cccc1C(C)C. The van der Waals surface area contributed by atoms with Crippen LogP contribution in [-0.4, -0.2) is 4.89 Å². The highest BCUT2D eigenvalue weighted by atomic mass is 31.2. The normalized spacial score (nSPS) is 13.3. The zero-order chi connectivity index (χ0) is 21.0. The summed E-state index contributed by atoms with van der Waals surface area (Å²) < 4.78 is 24.2.